The van der Waals surface area contributed by atoms with Crippen molar-refractivity contribution in [3.8, 4) is 0 Å². The van der Waals surface area contributed by atoms with Crippen LogP contribution in [-0.2, 0) is 19.1 Å². The second kappa shape index (κ2) is 27.0. The number of carbonyl (C=O) groups excluding carboxylic acids is 2. The number of allylic oxidation sites excluding steroid dienone is 21. The summed E-state index contributed by atoms with van der Waals surface area (Å²) in [5.74, 6) is -0.630. The molecule has 0 aliphatic rings. The van der Waals surface area contributed by atoms with E-state index >= 15 is 0 Å². The van der Waals surface area contributed by atoms with Crippen molar-refractivity contribution in [2.24, 2.45) is 0 Å². The quantitative estimate of drug-likeness (QED) is 0.0575. The largest absolute Gasteiger partial charge is 0.466 e. The fourth-order valence-electron chi connectivity index (χ4n) is 4.07. The van der Waals surface area contributed by atoms with Gasteiger partial charge >= 0.3 is 11.9 Å². The van der Waals surface area contributed by atoms with Gasteiger partial charge in [-0.15, -0.1) is 0 Å². The van der Waals surface area contributed by atoms with E-state index in [1.165, 1.54) is 23.8 Å². The molecule has 0 aromatic rings. The van der Waals surface area contributed by atoms with E-state index in [0.717, 1.165) is 60.8 Å². The molecule has 0 aromatic heterocycles. The molecule has 0 aliphatic carbocycles. The number of esters is 2. The molecule has 4 nitrogen and oxygen atoms in total. The topological polar surface area (TPSA) is 52.6 Å². The van der Waals surface area contributed by atoms with Crippen molar-refractivity contribution in [1.82, 2.24) is 0 Å². The molecule has 47 heavy (non-hydrogen) atoms. The van der Waals surface area contributed by atoms with Crippen molar-refractivity contribution in [1.29, 1.82) is 0 Å². The first-order valence-corrected chi connectivity index (χ1v) is 16.6. The van der Waals surface area contributed by atoms with Crippen LogP contribution in [0.2, 0.25) is 0 Å². The van der Waals surface area contributed by atoms with Crippen molar-refractivity contribution in [3.05, 3.63) is 142 Å². The molecule has 256 valence electrons. The molecule has 4 heteroatoms. The Morgan fingerprint density at radius 3 is 1.55 bits per heavy atom. The molecule has 0 aliphatic heterocycles. The second-order valence-electron chi connectivity index (χ2n) is 12.2. The van der Waals surface area contributed by atoms with E-state index in [9.17, 15) is 9.59 Å². The lowest BCUT2D eigenvalue weighted by molar-refractivity contribution is -0.137. The van der Waals surface area contributed by atoms with Crippen LogP contribution < -0.4 is 0 Å². The summed E-state index contributed by atoms with van der Waals surface area (Å²) in [4.78, 5) is 23.6. The SMILES string of the molecule is COC(=O)/C(C)=C/C=C/C(C)=C/C=C/C=C(C)/C=C/C=C(C)/C=C/COC(=O)/C=C(\C)CC/C=C(\C)CC/C=C(\C)CCC=C(C)C. The molecule has 0 fully saturated rings. The molecular weight excluding hydrogens is 580 g/mol. The highest BCUT2D eigenvalue weighted by atomic mass is 16.5. The minimum atomic E-state index is -0.328. The zero-order valence-electron chi connectivity index (χ0n) is 30.8. The Kier molecular flexibility index (Phi) is 24.6. The summed E-state index contributed by atoms with van der Waals surface area (Å²) < 4.78 is 10.0. The highest BCUT2D eigenvalue weighted by Gasteiger charge is 2.00. The van der Waals surface area contributed by atoms with Gasteiger partial charge in [0, 0.05) is 11.6 Å². The maximum Gasteiger partial charge on any atom is 0.333 e. The standard InChI is InChI=1S/C43H60O4/c1-34(2)19-13-22-37(5)24-15-25-38(6)27-16-29-40(8)33-42(44)47-32-18-30-39(7)26-14-23-35(3)20-11-12-21-36(4)28-17-31-41(9)43(45)46-10/h11-12,14,17-21,23-24,26-28,30-31,33H,13,15-16,22,25,29,32H2,1-10H3/b12-11+,23-14+,28-17+,30-18+,35-20+,36-21+,37-24+,38-27+,39-26+,40-33+,41-31+. The van der Waals surface area contributed by atoms with Crippen molar-refractivity contribution < 1.29 is 19.1 Å². The van der Waals surface area contributed by atoms with Gasteiger partial charge in [0.1, 0.15) is 6.61 Å². The summed E-state index contributed by atoms with van der Waals surface area (Å²) in [7, 11) is 1.37. The van der Waals surface area contributed by atoms with Gasteiger partial charge in [-0.2, -0.15) is 0 Å². The van der Waals surface area contributed by atoms with Crippen LogP contribution in [0.1, 0.15) is 101 Å². The molecule has 0 saturated carbocycles. The van der Waals surface area contributed by atoms with E-state index in [0.29, 0.717) is 5.57 Å². The van der Waals surface area contributed by atoms with E-state index in [1.54, 1.807) is 19.1 Å². The number of methoxy groups -OCH3 is 1. The lowest BCUT2D eigenvalue weighted by Gasteiger charge is -2.03. The predicted molar refractivity (Wildman–Crippen MR) is 203 cm³/mol. The minimum Gasteiger partial charge on any atom is -0.466 e. The Balaban J connectivity index is 4.52. The molecule has 0 rings (SSSR count). The van der Waals surface area contributed by atoms with Crippen molar-refractivity contribution in [3.63, 3.8) is 0 Å². The van der Waals surface area contributed by atoms with Crippen LogP contribution in [0.15, 0.2) is 142 Å². The van der Waals surface area contributed by atoms with E-state index < -0.39 is 0 Å². The third kappa shape index (κ3) is 26.7. The van der Waals surface area contributed by atoms with Crippen molar-refractivity contribution >= 4 is 11.9 Å². The average molecular weight is 641 g/mol. The number of hydrogen-bond donors (Lipinski definition) is 0. The summed E-state index contributed by atoms with van der Waals surface area (Å²) in [6.07, 6.45) is 38.1. The van der Waals surface area contributed by atoms with Crippen molar-refractivity contribution in [2.75, 3.05) is 13.7 Å². The van der Waals surface area contributed by atoms with Gasteiger partial charge in [0.15, 0.2) is 0 Å². The smallest absolute Gasteiger partial charge is 0.333 e. The number of rotatable bonds is 20. The zero-order valence-corrected chi connectivity index (χ0v) is 30.8. The summed E-state index contributed by atoms with van der Waals surface area (Å²) in [6, 6.07) is 0. The van der Waals surface area contributed by atoms with Gasteiger partial charge in [0.25, 0.3) is 0 Å². The molecule has 0 bridgehead atoms. The Morgan fingerprint density at radius 2 is 1.02 bits per heavy atom. The molecule has 0 unspecified atom stereocenters. The van der Waals surface area contributed by atoms with Gasteiger partial charge < -0.3 is 9.47 Å². The third-order valence-electron chi connectivity index (χ3n) is 6.98. The van der Waals surface area contributed by atoms with Crippen molar-refractivity contribution in [2.45, 2.75) is 101 Å². The van der Waals surface area contributed by atoms with Crippen LogP contribution in [-0.4, -0.2) is 25.7 Å². The van der Waals surface area contributed by atoms with Crippen LogP contribution in [0.4, 0.5) is 0 Å². The van der Waals surface area contributed by atoms with Crippen LogP contribution in [0, 0.1) is 0 Å². The lowest BCUT2D eigenvalue weighted by atomic mass is 10.0. The first-order valence-electron chi connectivity index (χ1n) is 16.6. The van der Waals surface area contributed by atoms with Gasteiger partial charge in [-0.25, -0.2) is 9.59 Å². The highest BCUT2D eigenvalue weighted by Crippen LogP contribution is 2.14. The van der Waals surface area contributed by atoms with E-state index in [1.807, 2.05) is 94.5 Å². The van der Waals surface area contributed by atoms with E-state index in [4.69, 9.17) is 4.74 Å². The zero-order chi connectivity index (χ0) is 35.5. The fourth-order valence-corrected chi connectivity index (χ4v) is 4.07. The molecule has 0 aromatic carbocycles. The molecule has 0 amide bonds. The maximum absolute atomic E-state index is 12.2. The maximum atomic E-state index is 12.2. The summed E-state index contributed by atoms with van der Waals surface area (Å²) >= 11 is 0. The van der Waals surface area contributed by atoms with Gasteiger partial charge in [0.05, 0.1) is 7.11 Å². The molecular formula is C43H60O4. The van der Waals surface area contributed by atoms with E-state index in [2.05, 4.69) is 50.7 Å². The highest BCUT2D eigenvalue weighted by molar-refractivity contribution is 5.87. The summed E-state index contributed by atoms with van der Waals surface area (Å²) in [5, 5.41) is 0. The first kappa shape index (κ1) is 42.8. The first-order chi connectivity index (χ1) is 22.3. The molecule has 0 radical (unpaired) electrons. The van der Waals surface area contributed by atoms with Gasteiger partial charge in [0.2, 0.25) is 0 Å². The van der Waals surface area contributed by atoms with Gasteiger partial charge in [-0.1, -0.05) is 124 Å². The Hall–Kier alpha value is -4.18. The van der Waals surface area contributed by atoms with Crippen LogP contribution in [0.3, 0.4) is 0 Å². The second-order valence-corrected chi connectivity index (χ2v) is 12.2. The van der Waals surface area contributed by atoms with Gasteiger partial charge in [-0.05, 0) is 107 Å². The summed E-state index contributed by atoms with van der Waals surface area (Å²) in [6.45, 7) is 18.7. The fraction of sp³-hybridized carbons (Fsp3) is 0.395. The Bertz CT molecular complexity index is 1350. The monoisotopic (exact) mass is 640 g/mol. The Labute approximate surface area is 286 Å². The molecule has 0 heterocycles. The normalized spacial score (nSPS) is 14.6. The Morgan fingerprint density at radius 1 is 0.553 bits per heavy atom. The molecule has 0 spiro atoms. The molecule has 0 N–H and O–H groups in total. The predicted octanol–water partition coefficient (Wildman–Crippen LogP) is 11.9. The molecule has 0 atom stereocenters. The third-order valence-corrected chi connectivity index (χ3v) is 6.98. The number of carbonyl (C=O) groups is 2. The van der Waals surface area contributed by atoms with E-state index in [-0.39, 0.29) is 18.5 Å². The summed E-state index contributed by atoms with van der Waals surface area (Å²) in [5.41, 5.74) is 9.06. The van der Waals surface area contributed by atoms with Crippen LogP contribution in [0.5, 0.6) is 0 Å². The minimum absolute atomic E-state index is 0.241. The average Bonchev–Trinajstić information content (AvgIpc) is 3.00. The number of hydrogen-bond acceptors (Lipinski definition) is 4. The van der Waals surface area contributed by atoms with Gasteiger partial charge in [-0.3, -0.25) is 0 Å². The van der Waals surface area contributed by atoms with Crippen LogP contribution >= 0.6 is 0 Å². The van der Waals surface area contributed by atoms with Crippen LogP contribution in [0.25, 0.3) is 0 Å². The number of ether oxygens (including phenoxy) is 2. The molecule has 0 saturated heterocycles. The lowest BCUT2D eigenvalue weighted by Crippen LogP contribution is -2.01.